The Kier molecular flexibility index (Phi) is 4.99. The Morgan fingerprint density at radius 1 is 0.933 bits per heavy atom. The van der Waals surface area contributed by atoms with Crippen LogP contribution in [0.15, 0.2) is 85.5 Å². The molecule has 0 spiro atoms. The number of aliphatic hydroxyl groups excluding tert-OH is 1. The topological polar surface area (TPSA) is 75.9 Å². The van der Waals surface area contributed by atoms with Crippen molar-refractivity contribution in [3.05, 3.63) is 96.6 Å². The van der Waals surface area contributed by atoms with Crippen LogP contribution in [0.1, 0.15) is 29.5 Å². The van der Waals surface area contributed by atoms with E-state index in [0.717, 1.165) is 17.0 Å². The van der Waals surface area contributed by atoms with Gasteiger partial charge in [-0.15, -0.1) is 0 Å². The second kappa shape index (κ2) is 8.08. The van der Waals surface area contributed by atoms with Crippen LogP contribution in [0, 0.1) is 0 Å². The van der Waals surface area contributed by atoms with Crippen LogP contribution in [-0.4, -0.2) is 37.3 Å². The van der Waals surface area contributed by atoms with E-state index in [0.29, 0.717) is 13.0 Å². The molecule has 30 heavy (non-hydrogen) atoms. The van der Waals surface area contributed by atoms with E-state index in [2.05, 4.69) is 68.8 Å². The van der Waals surface area contributed by atoms with Crippen molar-refractivity contribution in [3.63, 3.8) is 0 Å². The standard InChI is InChI=1S/C24H23N5O/c30-20-12-11-19(13-20)29-16-28-22-23(26-15-27-24(22)29)25-14-21(17-7-3-1-4-8-17)18-9-5-2-6-10-18/h1-12,15-16,19-21,30H,13-14H2,(H,25,26,27)/t19-,20+/m0/s1. The molecule has 4 aromatic rings. The lowest BCUT2D eigenvalue weighted by atomic mass is 9.91. The van der Waals surface area contributed by atoms with Gasteiger partial charge in [-0.2, -0.15) is 0 Å². The fourth-order valence-corrected chi connectivity index (χ4v) is 4.09. The van der Waals surface area contributed by atoms with Crippen LogP contribution in [0.5, 0.6) is 0 Å². The highest BCUT2D eigenvalue weighted by atomic mass is 16.3. The number of nitrogens with zero attached hydrogens (tertiary/aromatic N) is 4. The average molecular weight is 397 g/mol. The summed E-state index contributed by atoms with van der Waals surface area (Å²) in [4.78, 5) is 13.5. The van der Waals surface area contributed by atoms with Crippen molar-refractivity contribution in [2.24, 2.45) is 0 Å². The van der Waals surface area contributed by atoms with Crippen LogP contribution in [0.3, 0.4) is 0 Å². The van der Waals surface area contributed by atoms with E-state index in [-0.39, 0.29) is 12.0 Å². The maximum atomic E-state index is 9.82. The first-order valence-electron chi connectivity index (χ1n) is 10.2. The number of hydrogen-bond donors (Lipinski definition) is 2. The number of imidazole rings is 1. The Bertz CT molecular complexity index is 1120. The number of hydrogen-bond acceptors (Lipinski definition) is 5. The van der Waals surface area contributed by atoms with E-state index in [1.165, 1.54) is 11.1 Å². The normalized spacial score (nSPS) is 18.3. The molecule has 0 bridgehead atoms. The summed E-state index contributed by atoms with van der Waals surface area (Å²) in [5, 5.41) is 13.3. The van der Waals surface area contributed by atoms with Gasteiger partial charge in [0.05, 0.1) is 18.5 Å². The summed E-state index contributed by atoms with van der Waals surface area (Å²) in [5.41, 5.74) is 4.01. The van der Waals surface area contributed by atoms with Crippen molar-refractivity contribution < 1.29 is 5.11 Å². The van der Waals surface area contributed by atoms with E-state index in [9.17, 15) is 5.11 Å². The van der Waals surface area contributed by atoms with E-state index in [1.807, 2.05) is 28.9 Å². The summed E-state index contributed by atoms with van der Waals surface area (Å²) in [7, 11) is 0. The number of benzene rings is 2. The fraction of sp³-hybridized carbons (Fsp3) is 0.208. The van der Waals surface area contributed by atoms with Crippen LogP contribution < -0.4 is 5.32 Å². The number of allylic oxidation sites excluding steroid dienone is 1. The molecule has 6 heteroatoms. The second-order valence-corrected chi connectivity index (χ2v) is 7.56. The van der Waals surface area contributed by atoms with Gasteiger partial charge in [-0.3, -0.25) is 0 Å². The third-order valence-corrected chi connectivity index (χ3v) is 5.63. The molecular formula is C24H23N5O. The maximum Gasteiger partial charge on any atom is 0.165 e. The molecule has 0 amide bonds. The molecular weight excluding hydrogens is 374 g/mol. The molecule has 2 heterocycles. The molecule has 2 atom stereocenters. The molecule has 0 unspecified atom stereocenters. The summed E-state index contributed by atoms with van der Waals surface area (Å²) in [5.74, 6) is 0.908. The van der Waals surface area contributed by atoms with Crippen molar-refractivity contribution in [1.29, 1.82) is 0 Å². The van der Waals surface area contributed by atoms with E-state index >= 15 is 0 Å². The quantitative estimate of drug-likeness (QED) is 0.482. The van der Waals surface area contributed by atoms with Gasteiger partial charge in [-0.25, -0.2) is 15.0 Å². The van der Waals surface area contributed by atoms with Gasteiger partial charge in [0.1, 0.15) is 11.8 Å². The Labute approximate surface area is 175 Å². The molecule has 0 aliphatic heterocycles. The lowest BCUT2D eigenvalue weighted by molar-refractivity contribution is 0.211. The zero-order valence-electron chi connectivity index (χ0n) is 16.5. The number of anilines is 1. The van der Waals surface area contributed by atoms with Gasteiger partial charge in [0.25, 0.3) is 0 Å². The Balaban J connectivity index is 1.43. The highest BCUT2D eigenvalue weighted by molar-refractivity contribution is 5.82. The molecule has 0 saturated heterocycles. The lowest BCUT2D eigenvalue weighted by Gasteiger charge is -2.19. The number of aromatic nitrogens is 4. The Hall–Kier alpha value is -3.51. The first kappa shape index (κ1) is 18.5. The SMILES string of the molecule is O[C@@H]1C=C[C@H](n2cnc3c(NCC(c4ccccc4)c4ccccc4)ncnc32)C1. The van der Waals surface area contributed by atoms with Gasteiger partial charge in [-0.1, -0.05) is 72.8 Å². The molecule has 6 nitrogen and oxygen atoms in total. The van der Waals surface area contributed by atoms with Gasteiger partial charge in [0.2, 0.25) is 0 Å². The molecule has 0 fully saturated rings. The van der Waals surface area contributed by atoms with Crippen molar-refractivity contribution in [3.8, 4) is 0 Å². The summed E-state index contributed by atoms with van der Waals surface area (Å²) in [6.07, 6.45) is 7.40. The number of aliphatic hydroxyl groups is 1. The molecule has 1 aliphatic carbocycles. The molecule has 1 aliphatic rings. The summed E-state index contributed by atoms with van der Waals surface area (Å²) in [6.45, 7) is 0.690. The van der Waals surface area contributed by atoms with Crippen molar-refractivity contribution in [2.75, 3.05) is 11.9 Å². The zero-order valence-corrected chi connectivity index (χ0v) is 16.5. The van der Waals surface area contributed by atoms with Crippen LogP contribution in [-0.2, 0) is 0 Å². The van der Waals surface area contributed by atoms with Crippen LogP contribution in [0.25, 0.3) is 11.2 Å². The second-order valence-electron chi connectivity index (χ2n) is 7.56. The zero-order chi connectivity index (χ0) is 20.3. The van der Waals surface area contributed by atoms with Crippen LogP contribution in [0.4, 0.5) is 5.82 Å². The van der Waals surface area contributed by atoms with E-state index < -0.39 is 6.10 Å². The number of fused-ring (bicyclic) bond motifs is 1. The highest BCUT2D eigenvalue weighted by Crippen LogP contribution is 2.29. The lowest BCUT2D eigenvalue weighted by Crippen LogP contribution is -2.15. The third-order valence-electron chi connectivity index (χ3n) is 5.63. The smallest absolute Gasteiger partial charge is 0.165 e. The predicted octanol–water partition coefficient (Wildman–Crippen LogP) is 3.93. The van der Waals surface area contributed by atoms with Gasteiger partial charge in [0.15, 0.2) is 11.5 Å². The highest BCUT2D eigenvalue weighted by Gasteiger charge is 2.22. The molecule has 2 N–H and O–H groups in total. The van der Waals surface area contributed by atoms with Gasteiger partial charge < -0.3 is 15.0 Å². The average Bonchev–Trinajstić information content (AvgIpc) is 3.42. The molecule has 2 aromatic heterocycles. The molecule has 2 aromatic carbocycles. The number of rotatable bonds is 6. The van der Waals surface area contributed by atoms with Crippen LogP contribution >= 0.6 is 0 Å². The van der Waals surface area contributed by atoms with Gasteiger partial charge in [-0.05, 0) is 11.1 Å². The van der Waals surface area contributed by atoms with Crippen molar-refractivity contribution in [2.45, 2.75) is 24.5 Å². The summed E-state index contributed by atoms with van der Waals surface area (Å²) < 4.78 is 2.00. The van der Waals surface area contributed by atoms with E-state index in [1.54, 1.807) is 12.7 Å². The molecule has 5 rings (SSSR count). The Morgan fingerprint density at radius 2 is 1.63 bits per heavy atom. The maximum absolute atomic E-state index is 9.82. The van der Waals surface area contributed by atoms with Crippen molar-refractivity contribution >= 4 is 17.0 Å². The minimum Gasteiger partial charge on any atom is -0.389 e. The third kappa shape index (κ3) is 3.57. The minimum atomic E-state index is -0.413. The predicted molar refractivity (Wildman–Crippen MR) is 117 cm³/mol. The van der Waals surface area contributed by atoms with Gasteiger partial charge in [0, 0.05) is 18.9 Å². The van der Waals surface area contributed by atoms with Gasteiger partial charge >= 0.3 is 0 Å². The van der Waals surface area contributed by atoms with Crippen molar-refractivity contribution in [1.82, 2.24) is 19.5 Å². The first-order chi connectivity index (χ1) is 14.8. The summed E-state index contributed by atoms with van der Waals surface area (Å²) >= 11 is 0. The monoisotopic (exact) mass is 397 g/mol. The fourth-order valence-electron chi connectivity index (χ4n) is 4.09. The van der Waals surface area contributed by atoms with Crippen LogP contribution in [0.2, 0.25) is 0 Å². The largest absolute Gasteiger partial charge is 0.389 e. The molecule has 0 radical (unpaired) electrons. The number of nitrogens with one attached hydrogen (secondary N) is 1. The van der Waals surface area contributed by atoms with E-state index in [4.69, 9.17) is 0 Å². The minimum absolute atomic E-state index is 0.0640. The molecule has 0 saturated carbocycles. The summed E-state index contributed by atoms with van der Waals surface area (Å²) in [6, 6.07) is 21.0. The Morgan fingerprint density at radius 3 is 2.27 bits per heavy atom. The molecule has 150 valence electrons. The first-order valence-corrected chi connectivity index (χ1v) is 10.2.